The standard InChI is InChI=1S/C14H21ClN2O2/c15-13-6-12(16)4-3-10(13)7-17-5-1-2-11(8-17)14(19)9-18/h3-4,6,11,14,18-19H,1-2,5,7-9,16H2. The smallest absolute Gasteiger partial charge is 0.0811 e. The maximum Gasteiger partial charge on any atom is 0.0811 e. The van der Waals surface area contributed by atoms with E-state index >= 15 is 0 Å². The highest BCUT2D eigenvalue weighted by Crippen LogP contribution is 2.25. The van der Waals surface area contributed by atoms with Crippen molar-refractivity contribution in [3.05, 3.63) is 28.8 Å². The van der Waals surface area contributed by atoms with E-state index in [0.717, 1.165) is 38.0 Å². The molecule has 1 aromatic rings. The van der Waals surface area contributed by atoms with E-state index in [0.29, 0.717) is 10.7 Å². The van der Waals surface area contributed by atoms with E-state index in [9.17, 15) is 5.11 Å². The molecule has 1 aromatic carbocycles. The van der Waals surface area contributed by atoms with Crippen LogP contribution in [0.15, 0.2) is 18.2 Å². The molecule has 0 saturated carbocycles. The monoisotopic (exact) mass is 284 g/mol. The number of rotatable bonds is 4. The van der Waals surface area contributed by atoms with Gasteiger partial charge in [-0.2, -0.15) is 0 Å². The highest BCUT2D eigenvalue weighted by molar-refractivity contribution is 6.31. The first-order valence-corrected chi connectivity index (χ1v) is 7.03. The lowest BCUT2D eigenvalue weighted by Gasteiger charge is -2.34. The molecule has 19 heavy (non-hydrogen) atoms. The Balaban J connectivity index is 1.98. The van der Waals surface area contributed by atoms with Crippen LogP contribution in [0.4, 0.5) is 5.69 Å². The summed E-state index contributed by atoms with van der Waals surface area (Å²) < 4.78 is 0. The summed E-state index contributed by atoms with van der Waals surface area (Å²) in [5, 5.41) is 19.5. The van der Waals surface area contributed by atoms with Crippen molar-refractivity contribution in [2.75, 3.05) is 25.4 Å². The maximum absolute atomic E-state index is 9.74. The van der Waals surface area contributed by atoms with Crippen LogP contribution in [0.5, 0.6) is 0 Å². The van der Waals surface area contributed by atoms with E-state index in [2.05, 4.69) is 4.90 Å². The molecule has 0 aromatic heterocycles. The van der Waals surface area contributed by atoms with E-state index < -0.39 is 6.10 Å². The van der Waals surface area contributed by atoms with Gasteiger partial charge in [-0.3, -0.25) is 4.90 Å². The van der Waals surface area contributed by atoms with Crippen molar-refractivity contribution in [2.24, 2.45) is 5.92 Å². The van der Waals surface area contributed by atoms with Crippen molar-refractivity contribution >= 4 is 17.3 Å². The molecule has 0 aliphatic carbocycles. The molecular weight excluding hydrogens is 264 g/mol. The molecule has 1 aliphatic rings. The second kappa shape index (κ2) is 6.57. The number of aliphatic hydroxyl groups excluding tert-OH is 2. The molecule has 1 aliphatic heterocycles. The summed E-state index contributed by atoms with van der Waals surface area (Å²) in [6, 6.07) is 5.57. The summed E-state index contributed by atoms with van der Waals surface area (Å²) in [7, 11) is 0. The third kappa shape index (κ3) is 3.83. The summed E-state index contributed by atoms with van der Waals surface area (Å²) in [6.07, 6.45) is 1.38. The molecule has 4 N–H and O–H groups in total. The van der Waals surface area contributed by atoms with Gasteiger partial charge in [0, 0.05) is 23.8 Å². The van der Waals surface area contributed by atoms with Crippen LogP contribution >= 0.6 is 11.6 Å². The van der Waals surface area contributed by atoms with Crippen molar-refractivity contribution in [3.63, 3.8) is 0 Å². The fourth-order valence-corrected chi connectivity index (χ4v) is 2.88. The number of hydrogen-bond acceptors (Lipinski definition) is 4. The topological polar surface area (TPSA) is 69.7 Å². The van der Waals surface area contributed by atoms with Gasteiger partial charge in [-0.1, -0.05) is 17.7 Å². The molecule has 2 atom stereocenters. The Labute approximate surface area is 118 Å². The van der Waals surface area contributed by atoms with E-state index in [4.69, 9.17) is 22.4 Å². The summed E-state index contributed by atoms with van der Waals surface area (Å²) in [5.41, 5.74) is 7.40. The van der Waals surface area contributed by atoms with Crippen molar-refractivity contribution in [3.8, 4) is 0 Å². The van der Waals surface area contributed by atoms with Crippen LogP contribution in [-0.2, 0) is 6.54 Å². The summed E-state index contributed by atoms with van der Waals surface area (Å²) in [5.74, 6) is 0.145. The first-order valence-electron chi connectivity index (χ1n) is 6.65. The Bertz CT molecular complexity index is 428. The SMILES string of the molecule is Nc1ccc(CN2CCCC(C(O)CO)C2)c(Cl)c1. The van der Waals surface area contributed by atoms with Crippen LogP contribution < -0.4 is 5.73 Å². The molecule has 1 heterocycles. The number of aliphatic hydroxyl groups is 2. The molecular formula is C14H21ClN2O2. The number of piperidine rings is 1. The van der Waals surface area contributed by atoms with Crippen molar-refractivity contribution in [1.82, 2.24) is 4.90 Å². The Morgan fingerprint density at radius 2 is 2.26 bits per heavy atom. The number of nitrogens with zero attached hydrogens (tertiary/aromatic N) is 1. The predicted molar refractivity (Wildman–Crippen MR) is 77.0 cm³/mol. The molecule has 1 saturated heterocycles. The Morgan fingerprint density at radius 3 is 2.95 bits per heavy atom. The summed E-state index contributed by atoms with van der Waals surface area (Å²) in [4.78, 5) is 2.27. The van der Waals surface area contributed by atoms with Crippen molar-refractivity contribution in [1.29, 1.82) is 0 Å². The minimum absolute atomic E-state index is 0.145. The third-order valence-electron chi connectivity index (χ3n) is 3.74. The molecule has 106 valence electrons. The third-order valence-corrected chi connectivity index (χ3v) is 4.10. The fourth-order valence-electron chi connectivity index (χ4n) is 2.63. The molecule has 4 nitrogen and oxygen atoms in total. The zero-order valence-corrected chi connectivity index (χ0v) is 11.7. The number of likely N-dealkylation sites (tertiary alicyclic amines) is 1. The van der Waals surface area contributed by atoms with Crippen molar-refractivity contribution < 1.29 is 10.2 Å². The molecule has 5 heteroatoms. The molecule has 2 rings (SSSR count). The zero-order chi connectivity index (χ0) is 13.8. The average molecular weight is 285 g/mol. The van der Waals surface area contributed by atoms with Crippen LogP contribution in [0.1, 0.15) is 18.4 Å². The molecule has 2 unspecified atom stereocenters. The number of halogens is 1. The average Bonchev–Trinajstić information content (AvgIpc) is 2.41. The van der Waals surface area contributed by atoms with Gasteiger partial charge in [0.15, 0.2) is 0 Å². The summed E-state index contributed by atoms with van der Waals surface area (Å²) in [6.45, 7) is 2.38. The van der Waals surface area contributed by atoms with Crippen LogP contribution in [-0.4, -0.2) is 40.9 Å². The molecule has 0 radical (unpaired) electrons. The predicted octanol–water partition coefficient (Wildman–Crippen LogP) is 1.49. The lowest BCUT2D eigenvalue weighted by atomic mass is 9.92. The van der Waals surface area contributed by atoms with Gasteiger partial charge < -0.3 is 15.9 Å². The van der Waals surface area contributed by atoms with Gasteiger partial charge in [0.2, 0.25) is 0 Å². The van der Waals surface area contributed by atoms with Gasteiger partial charge >= 0.3 is 0 Å². The molecule has 1 fully saturated rings. The van der Waals surface area contributed by atoms with E-state index in [1.165, 1.54) is 0 Å². The van der Waals surface area contributed by atoms with Crippen LogP contribution in [0.2, 0.25) is 5.02 Å². The van der Waals surface area contributed by atoms with Crippen LogP contribution in [0.3, 0.4) is 0 Å². The minimum Gasteiger partial charge on any atom is -0.399 e. The molecule has 0 spiro atoms. The second-order valence-corrected chi connectivity index (χ2v) is 5.65. The van der Waals surface area contributed by atoms with Gasteiger partial charge in [-0.25, -0.2) is 0 Å². The fraction of sp³-hybridized carbons (Fsp3) is 0.571. The summed E-state index contributed by atoms with van der Waals surface area (Å²) >= 11 is 6.18. The number of hydrogen-bond donors (Lipinski definition) is 3. The zero-order valence-electron chi connectivity index (χ0n) is 10.9. The largest absolute Gasteiger partial charge is 0.399 e. The first kappa shape index (κ1) is 14.6. The molecule has 0 bridgehead atoms. The second-order valence-electron chi connectivity index (χ2n) is 5.24. The minimum atomic E-state index is -0.621. The van der Waals surface area contributed by atoms with Gasteiger partial charge in [0.1, 0.15) is 0 Å². The van der Waals surface area contributed by atoms with Gasteiger partial charge in [0.05, 0.1) is 12.7 Å². The number of nitrogen functional groups attached to an aromatic ring is 1. The normalized spacial score (nSPS) is 22.4. The van der Waals surface area contributed by atoms with E-state index in [1.807, 2.05) is 12.1 Å². The lowest BCUT2D eigenvalue weighted by molar-refractivity contribution is 0.0109. The first-order chi connectivity index (χ1) is 9.10. The van der Waals surface area contributed by atoms with Gasteiger partial charge in [-0.05, 0) is 43.0 Å². The molecule has 0 amide bonds. The quantitative estimate of drug-likeness (QED) is 0.733. The van der Waals surface area contributed by atoms with Crippen molar-refractivity contribution in [2.45, 2.75) is 25.5 Å². The highest BCUT2D eigenvalue weighted by Gasteiger charge is 2.25. The van der Waals surface area contributed by atoms with Crippen LogP contribution in [0.25, 0.3) is 0 Å². The maximum atomic E-state index is 9.74. The Hall–Kier alpha value is -0.810. The highest BCUT2D eigenvalue weighted by atomic mass is 35.5. The van der Waals surface area contributed by atoms with Crippen LogP contribution in [0, 0.1) is 5.92 Å². The van der Waals surface area contributed by atoms with Gasteiger partial charge in [-0.15, -0.1) is 0 Å². The number of anilines is 1. The van der Waals surface area contributed by atoms with E-state index in [-0.39, 0.29) is 12.5 Å². The van der Waals surface area contributed by atoms with E-state index in [1.54, 1.807) is 6.07 Å². The Morgan fingerprint density at radius 1 is 1.47 bits per heavy atom. The Kier molecular flexibility index (Phi) is 5.05. The number of nitrogens with two attached hydrogens (primary N) is 1. The number of benzene rings is 1. The van der Waals surface area contributed by atoms with Gasteiger partial charge in [0.25, 0.3) is 0 Å². The lowest BCUT2D eigenvalue weighted by Crippen LogP contribution is -2.41.